The first-order chi connectivity index (χ1) is 10.2. The third-order valence-corrected chi connectivity index (χ3v) is 2.96. The van der Waals surface area contributed by atoms with E-state index >= 15 is 0 Å². The first-order valence-electron chi connectivity index (χ1n) is 6.08. The number of nitrogens with one attached hydrogen (secondary N) is 1. The summed E-state index contributed by atoms with van der Waals surface area (Å²) in [5.74, 6) is -1.53. The van der Waals surface area contributed by atoms with E-state index in [1.165, 1.54) is 13.0 Å². The van der Waals surface area contributed by atoms with Crippen LogP contribution in [0, 0.1) is 12.7 Å². The number of nitrogens with zero attached hydrogens (tertiary/aromatic N) is 1. The number of benzene rings is 1. The van der Waals surface area contributed by atoms with Crippen molar-refractivity contribution in [2.24, 2.45) is 0 Å². The number of carbonyl (C=O) groups is 1. The predicted octanol–water partition coefficient (Wildman–Crippen LogP) is 3.38. The molecule has 4 nitrogen and oxygen atoms in total. The summed E-state index contributed by atoms with van der Waals surface area (Å²) in [7, 11) is 0. The van der Waals surface area contributed by atoms with Gasteiger partial charge >= 0.3 is 6.18 Å². The van der Waals surface area contributed by atoms with Gasteiger partial charge in [-0.15, -0.1) is 0 Å². The van der Waals surface area contributed by atoms with Crippen LogP contribution in [0.4, 0.5) is 28.9 Å². The molecule has 116 valence electrons. The molecule has 0 aliphatic heterocycles. The Balaban J connectivity index is 2.27. The van der Waals surface area contributed by atoms with Gasteiger partial charge in [0.2, 0.25) is 0 Å². The van der Waals surface area contributed by atoms with Gasteiger partial charge in [-0.05, 0) is 31.2 Å². The molecule has 1 heterocycles. The Hall–Kier alpha value is -2.64. The first kappa shape index (κ1) is 15.7. The topological polar surface area (TPSA) is 68.0 Å². The summed E-state index contributed by atoms with van der Waals surface area (Å²) in [4.78, 5) is 15.5. The predicted molar refractivity (Wildman–Crippen MR) is 72.7 cm³/mol. The zero-order valence-corrected chi connectivity index (χ0v) is 11.3. The van der Waals surface area contributed by atoms with Crippen molar-refractivity contribution < 1.29 is 22.4 Å². The molecule has 0 bridgehead atoms. The van der Waals surface area contributed by atoms with Gasteiger partial charge in [-0.2, -0.15) is 13.2 Å². The lowest BCUT2D eigenvalue weighted by Gasteiger charge is -2.10. The van der Waals surface area contributed by atoms with Crippen molar-refractivity contribution in [3.8, 4) is 0 Å². The number of pyridine rings is 1. The number of carbonyl (C=O) groups excluding carboxylic acids is 1. The van der Waals surface area contributed by atoms with Gasteiger partial charge in [0.05, 0.1) is 5.56 Å². The lowest BCUT2D eigenvalue weighted by atomic mass is 10.1. The van der Waals surface area contributed by atoms with Crippen molar-refractivity contribution in [2.75, 3.05) is 11.1 Å². The molecule has 0 saturated carbocycles. The molecule has 0 atom stereocenters. The Kier molecular flexibility index (Phi) is 4.03. The van der Waals surface area contributed by atoms with Gasteiger partial charge in [0.25, 0.3) is 5.91 Å². The molecule has 0 aliphatic carbocycles. The van der Waals surface area contributed by atoms with Crippen LogP contribution < -0.4 is 11.1 Å². The Bertz CT molecular complexity index is 705. The van der Waals surface area contributed by atoms with E-state index in [2.05, 4.69) is 10.3 Å². The van der Waals surface area contributed by atoms with Crippen LogP contribution in [0.3, 0.4) is 0 Å². The molecule has 1 amide bonds. The minimum absolute atomic E-state index is 0.0322. The summed E-state index contributed by atoms with van der Waals surface area (Å²) in [6.45, 7) is 1.46. The second kappa shape index (κ2) is 5.63. The summed E-state index contributed by atoms with van der Waals surface area (Å²) in [5, 5.41) is 2.26. The summed E-state index contributed by atoms with van der Waals surface area (Å²) in [6, 6.07) is 3.70. The van der Waals surface area contributed by atoms with Crippen LogP contribution in [0.25, 0.3) is 0 Å². The molecule has 0 spiro atoms. The molecule has 1 aromatic heterocycles. The molecular formula is C14H11F4N3O. The average molecular weight is 313 g/mol. The average Bonchev–Trinajstić information content (AvgIpc) is 2.44. The van der Waals surface area contributed by atoms with Crippen molar-refractivity contribution >= 4 is 17.3 Å². The van der Waals surface area contributed by atoms with Crippen LogP contribution in [-0.2, 0) is 6.18 Å². The Morgan fingerprint density at radius 3 is 2.55 bits per heavy atom. The second-order valence-corrected chi connectivity index (χ2v) is 4.55. The molecule has 0 radical (unpaired) electrons. The molecule has 0 fully saturated rings. The fourth-order valence-electron chi connectivity index (χ4n) is 1.70. The number of anilines is 2. The van der Waals surface area contributed by atoms with Gasteiger partial charge in [0.15, 0.2) is 0 Å². The lowest BCUT2D eigenvalue weighted by molar-refractivity contribution is -0.137. The number of hydrogen-bond donors (Lipinski definition) is 2. The van der Waals surface area contributed by atoms with Crippen molar-refractivity contribution in [3.63, 3.8) is 0 Å². The van der Waals surface area contributed by atoms with Gasteiger partial charge < -0.3 is 11.1 Å². The minimum atomic E-state index is -4.58. The Labute approximate surface area is 123 Å². The smallest absolute Gasteiger partial charge is 0.398 e. The standard InChI is InChI=1S/C14H11F4N3O/c1-7-10(15)5-9(6-11(7)19)21-13(22)12-4-8(2-3-20-12)14(16,17)18/h2-6H,19H2,1H3,(H,21,22). The molecule has 0 unspecified atom stereocenters. The molecule has 2 rings (SSSR count). The molecule has 8 heteroatoms. The zero-order valence-electron chi connectivity index (χ0n) is 11.3. The van der Waals surface area contributed by atoms with Crippen molar-refractivity contribution in [2.45, 2.75) is 13.1 Å². The molecule has 3 N–H and O–H groups in total. The number of rotatable bonds is 2. The maximum atomic E-state index is 13.5. The summed E-state index contributed by atoms with van der Waals surface area (Å²) >= 11 is 0. The highest BCUT2D eigenvalue weighted by atomic mass is 19.4. The minimum Gasteiger partial charge on any atom is -0.398 e. The number of hydrogen-bond acceptors (Lipinski definition) is 3. The SMILES string of the molecule is Cc1c(N)cc(NC(=O)c2cc(C(F)(F)F)ccn2)cc1F. The van der Waals surface area contributed by atoms with E-state index in [0.717, 1.165) is 18.3 Å². The number of nitrogen functional groups attached to an aromatic ring is 1. The van der Waals surface area contributed by atoms with Crippen molar-refractivity contribution in [1.29, 1.82) is 0 Å². The van der Waals surface area contributed by atoms with Crippen LogP contribution in [0.2, 0.25) is 0 Å². The summed E-state index contributed by atoms with van der Waals surface area (Å²) in [5.41, 5.74) is 4.50. The van der Waals surface area contributed by atoms with Crippen LogP contribution in [-0.4, -0.2) is 10.9 Å². The van der Waals surface area contributed by atoms with Crippen LogP contribution in [0.5, 0.6) is 0 Å². The van der Waals surface area contributed by atoms with E-state index in [-0.39, 0.29) is 16.9 Å². The fourth-order valence-corrected chi connectivity index (χ4v) is 1.70. The maximum Gasteiger partial charge on any atom is 0.416 e. The quantitative estimate of drug-likeness (QED) is 0.659. The highest BCUT2D eigenvalue weighted by Crippen LogP contribution is 2.29. The van der Waals surface area contributed by atoms with Gasteiger partial charge in [-0.25, -0.2) is 4.39 Å². The third-order valence-electron chi connectivity index (χ3n) is 2.96. The number of amides is 1. The Morgan fingerprint density at radius 2 is 1.95 bits per heavy atom. The number of nitrogens with two attached hydrogens (primary N) is 1. The highest BCUT2D eigenvalue weighted by Gasteiger charge is 2.31. The van der Waals surface area contributed by atoms with Crippen LogP contribution in [0.15, 0.2) is 30.5 Å². The van der Waals surface area contributed by atoms with Crippen molar-refractivity contribution in [1.82, 2.24) is 4.98 Å². The van der Waals surface area contributed by atoms with Crippen LogP contribution >= 0.6 is 0 Å². The number of halogens is 4. The molecular weight excluding hydrogens is 302 g/mol. The van der Waals surface area contributed by atoms with E-state index in [1.54, 1.807) is 0 Å². The van der Waals surface area contributed by atoms with Crippen LogP contribution in [0.1, 0.15) is 21.6 Å². The fraction of sp³-hybridized carbons (Fsp3) is 0.143. The van der Waals surface area contributed by atoms with E-state index in [0.29, 0.717) is 6.07 Å². The zero-order chi connectivity index (χ0) is 16.5. The van der Waals surface area contributed by atoms with Crippen molar-refractivity contribution in [3.05, 3.63) is 53.1 Å². The van der Waals surface area contributed by atoms with E-state index in [1.807, 2.05) is 0 Å². The van der Waals surface area contributed by atoms with Gasteiger partial charge in [0, 0.05) is 23.1 Å². The normalized spacial score (nSPS) is 11.3. The highest BCUT2D eigenvalue weighted by molar-refractivity contribution is 6.03. The molecule has 2 aromatic rings. The number of alkyl halides is 3. The third kappa shape index (κ3) is 3.33. The number of aromatic nitrogens is 1. The summed E-state index contributed by atoms with van der Waals surface area (Å²) < 4.78 is 51.3. The van der Waals surface area contributed by atoms with E-state index in [9.17, 15) is 22.4 Å². The lowest BCUT2D eigenvalue weighted by Crippen LogP contribution is -2.16. The van der Waals surface area contributed by atoms with Gasteiger partial charge in [-0.1, -0.05) is 0 Å². The first-order valence-corrected chi connectivity index (χ1v) is 6.08. The van der Waals surface area contributed by atoms with Gasteiger partial charge in [0.1, 0.15) is 11.5 Å². The molecule has 0 aliphatic rings. The van der Waals surface area contributed by atoms with E-state index < -0.39 is 29.2 Å². The van der Waals surface area contributed by atoms with Gasteiger partial charge in [-0.3, -0.25) is 9.78 Å². The summed E-state index contributed by atoms with van der Waals surface area (Å²) in [6.07, 6.45) is -3.71. The maximum absolute atomic E-state index is 13.5. The monoisotopic (exact) mass is 313 g/mol. The molecule has 1 aromatic carbocycles. The second-order valence-electron chi connectivity index (χ2n) is 4.55. The molecule has 22 heavy (non-hydrogen) atoms. The molecule has 0 saturated heterocycles. The Morgan fingerprint density at radius 1 is 1.27 bits per heavy atom. The van der Waals surface area contributed by atoms with E-state index in [4.69, 9.17) is 5.73 Å². The largest absolute Gasteiger partial charge is 0.416 e.